The van der Waals surface area contributed by atoms with Crippen LogP contribution in [0.1, 0.15) is 101 Å². The Morgan fingerprint density at radius 3 is 2.50 bits per heavy atom. The summed E-state index contributed by atoms with van der Waals surface area (Å²) in [5.41, 5.74) is 11.4. The van der Waals surface area contributed by atoms with Crippen molar-refractivity contribution >= 4 is 17.5 Å². The van der Waals surface area contributed by atoms with E-state index in [0.29, 0.717) is 17.3 Å². The molecule has 1 aliphatic rings. The molecule has 2 unspecified atom stereocenters. The average Bonchev–Trinajstić information content (AvgIpc) is 3.23. The molecule has 1 aromatic heterocycles. The van der Waals surface area contributed by atoms with Crippen LogP contribution in [0.15, 0.2) is 66.3 Å². The van der Waals surface area contributed by atoms with Gasteiger partial charge in [-0.1, -0.05) is 80.8 Å². The van der Waals surface area contributed by atoms with Gasteiger partial charge >= 0.3 is 0 Å². The van der Waals surface area contributed by atoms with Crippen molar-refractivity contribution in [2.75, 3.05) is 12.8 Å². The first-order chi connectivity index (χ1) is 18.2. The number of allylic oxidation sites excluding steroid dienone is 5. The number of aromatic nitrogens is 1. The topological polar surface area (TPSA) is 24.9 Å². The van der Waals surface area contributed by atoms with Gasteiger partial charge in [-0.15, -0.1) is 6.58 Å². The van der Waals surface area contributed by atoms with Crippen LogP contribution in [0.3, 0.4) is 0 Å². The molecule has 0 aliphatic heterocycles. The molecule has 2 atom stereocenters. The van der Waals surface area contributed by atoms with Crippen molar-refractivity contribution in [3.05, 3.63) is 94.4 Å². The Morgan fingerprint density at radius 2 is 1.89 bits per heavy atom. The lowest BCUT2D eigenvalue weighted by Gasteiger charge is -2.18. The summed E-state index contributed by atoms with van der Waals surface area (Å²) in [6.45, 7) is 17.7. The van der Waals surface area contributed by atoms with Crippen LogP contribution in [-0.2, 0) is 12.8 Å². The molecule has 1 N–H and O–H groups in total. The Hall–Kier alpha value is -2.10. The quantitative estimate of drug-likeness (QED) is 0.206. The lowest BCUT2D eigenvalue weighted by atomic mass is 9.89. The van der Waals surface area contributed by atoms with Gasteiger partial charge in [-0.3, -0.25) is 9.71 Å². The molecule has 1 aromatic carbocycles. The number of rotatable bonds is 13. The second-order valence-electron chi connectivity index (χ2n) is 12.1. The minimum atomic E-state index is 0.387. The van der Waals surface area contributed by atoms with Crippen LogP contribution in [0.2, 0.25) is 0 Å². The minimum Gasteiger partial charge on any atom is -0.267 e. The maximum atomic E-state index is 5.02. The third-order valence-corrected chi connectivity index (χ3v) is 8.91. The average molecular weight is 531 g/mol. The second kappa shape index (κ2) is 14.3. The number of hydrogen-bond donors (Lipinski definition) is 1. The Morgan fingerprint density at radius 1 is 1.16 bits per heavy atom. The molecule has 0 saturated carbocycles. The Balaban J connectivity index is 1.70. The van der Waals surface area contributed by atoms with Crippen LogP contribution >= 0.6 is 11.9 Å². The number of hydrogen-bond acceptors (Lipinski definition) is 3. The molecule has 0 radical (unpaired) electrons. The van der Waals surface area contributed by atoms with Gasteiger partial charge in [0.25, 0.3) is 0 Å². The Bertz CT molecular complexity index is 1120. The molecule has 1 aliphatic carbocycles. The normalized spacial score (nSPS) is 17.2. The zero-order chi connectivity index (χ0) is 27.7. The summed E-state index contributed by atoms with van der Waals surface area (Å²) in [4.78, 5) is 5.02. The summed E-state index contributed by atoms with van der Waals surface area (Å²) < 4.78 is 3.21. The fourth-order valence-electron chi connectivity index (χ4n) is 5.81. The Kier molecular flexibility index (Phi) is 11.5. The Labute approximate surface area is 237 Å². The summed E-state index contributed by atoms with van der Waals surface area (Å²) in [5, 5.41) is 0. The largest absolute Gasteiger partial charge is 0.267 e. The van der Waals surface area contributed by atoms with E-state index in [4.69, 9.17) is 4.98 Å². The summed E-state index contributed by atoms with van der Waals surface area (Å²) in [5.74, 6) is 2.19. The SMILES string of the molecule is C=CCC(CSNC)c1ccc(CC2CCC(/C(=C\C)c3ccc(CCCC(C)(C)C)nc3C)=C2C)cc1. The highest BCUT2D eigenvalue weighted by Crippen LogP contribution is 2.41. The molecule has 3 heteroatoms. The van der Waals surface area contributed by atoms with Crippen molar-refractivity contribution in [2.24, 2.45) is 11.3 Å². The van der Waals surface area contributed by atoms with E-state index in [-0.39, 0.29) is 0 Å². The van der Waals surface area contributed by atoms with Crippen molar-refractivity contribution in [3.63, 3.8) is 0 Å². The van der Waals surface area contributed by atoms with E-state index >= 15 is 0 Å². The van der Waals surface area contributed by atoms with E-state index in [2.05, 4.69) is 95.3 Å². The first kappa shape index (κ1) is 30.4. The van der Waals surface area contributed by atoms with Crippen molar-refractivity contribution in [3.8, 4) is 0 Å². The first-order valence-electron chi connectivity index (χ1n) is 14.5. The van der Waals surface area contributed by atoms with Crippen molar-refractivity contribution in [1.29, 1.82) is 0 Å². The van der Waals surface area contributed by atoms with Crippen LogP contribution in [0.25, 0.3) is 5.57 Å². The van der Waals surface area contributed by atoms with Gasteiger partial charge < -0.3 is 0 Å². The summed E-state index contributed by atoms with van der Waals surface area (Å²) >= 11 is 1.78. The molecule has 3 rings (SSSR count). The number of pyridine rings is 1. The summed E-state index contributed by atoms with van der Waals surface area (Å²) in [6, 6.07) is 14.0. The first-order valence-corrected chi connectivity index (χ1v) is 15.5. The van der Waals surface area contributed by atoms with Crippen LogP contribution in [0, 0.1) is 18.3 Å². The predicted molar refractivity (Wildman–Crippen MR) is 170 cm³/mol. The van der Waals surface area contributed by atoms with Gasteiger partial charge in [0.2, 0.25) is 0 Å². The lowest BCUT2D eigenvalue weighted by Crippen LogP contribution is -2.06. The molecule has 0 fully saturated rings. The van der Waals surface area contributed by atoms with Crippen LogP contribution in [0.5, 0.6) is 0 Å². The molecule has 0 bridgehead atoms. The molecule has 2 aromatic rings. The molecule has 0 amide bonds. The highest BCUT2D eigenvalue weighted by atomic mass is 32.2. The standard InChI is InChI=1S/C35H50N2S/c1-9-12-30(24-38-36-8)28-16-14-27(15-17-28)23-29-18-20-33(25(29)3)32(10-2)34-21-19-31(37-26(34)4)13-11-22-35(5,6)7/h9-10,14-17,19,21,29-30,36H,1,11-13,18,20,22-24H2,2-8H3/b32-10+. The molecule has 2 nitrogen and oxygen atoms in total. The van der Waals surface area contributed by atoms with Crippen molar-refractivity contribution in [1.82, 2.24) is 9.71 Å². The van der Waals surface area contributed by atoms with Gasteiger partial charge in [0.1, 0.15) is 0 Å². The molecular formula is C35H50N2S. The summed E-state index contributed by atoms with van der Waals surface area (Å²) in [7, 11) is 1.99. The highest BCUT2D eigenvalue weighted by molar-refractivity contribution is 7.97. The van der Waals surface area contributed by atoms with Crippen LogP contribution < -0.4 is 4.72 Å². The fourth-order valence-corrected chi connectivity index (χ4v) is 6.50. The number of nitrogens with zero attached hydrogens (tertiary/aromatic N) is 1. The highest BCUT2D eigenvalue weighted by Gasteiger charge is 2.26. The van der Waals surface area contributed by atoms with Crippen LogP contribution in [0.4, 0.5) is 0 Å². The van der Waals surface area contributed by atoms with Gasteiger partial charge in [0.05, 0.1) is 0 Å². The molecule has 1 heterocycles. The number of aryl methyl sites for hydroxylation is 2. The minimum absolute atomic E-state index is 0.387. The molecular weight excluding hydrogens is 480 g/mol. The molecule has 38 heavy (non-hydrogen) atoms. The number of nitrogens with one attached hydrogen (secondary N) is 1. The van der Waals surface area contributed by atoms with E-state index in [0.717, 1.165) is 37.1 Å². The molecule has 206 valence electrons. The van der Waals surface area contributed by atoms with E-state index in [9.17, 15) is 0 Å². The second-order valence-corrected chi connectivity index (χ2v) is 13.2. The monoisotopic (exact) mass is 530 g/mol. The van der Waals surface area contributed by atoms with E-state index in [1.807, 2.05) is 13.1 Å². The number of benzene rings is 1. The maximum Gasteiger partial charge on any atom is 0.0454 e. The zero-order valence-corrected chi connectivity index (χ0v) is 25.8. The predicted octanol–water partition coefficient (Wildman–Crippen LogP) is 9.66. The van der Waals surface area contributed by atoms with Gasteiger partial charge in [0.15, 0.2) is 0 Å². The van der Waals surface area contributed by atoms with Gasteiger partial charge in [-0.05, 0) is 118 Å². The van der Waals surface area contributed by atoms with Gasteiger partial charge in [-0.2, -0.15) is 0 Å². The van der Waals surface area contributed by atoms with Crippen molar-refractivity contribution in [2.45, 2.75) is 92.4 Å². The molecule has 0 saturated heterocycles. The van der Waals surface area contributed by atoms with Crippen molar-refractivity contribution < 1.29 is 0 Å². The van der Waals surface area contributed by atoms with Gasteiger partial charge in [0, 0.05) is 22.7 Å². The fraction of sp³-hybridized carbons (Fsp3) is 0.514. The molecule has 0 spiro atoms. The van der Waals surface area contributed by atoms with E-state index in [1.54, 1.807) is 17.5 Å². The van der Waals surface area contributed by atoms with E-state index < -0.39 is 0 Å². The van der Waals surface area contributed by atoms with Gasteiger partial charge in [-0.25, -0.2) is 0 Å². The lowest BCUT2D eigenvalue weighted by molar-refractivity contribution is 0.365. The maximum absolute atomic E-state index is 5.02. The zero-order valence-electron chi connectivity index (χ0n) is 25.0. The van der Waals surface area contributed by atoms with Crippen LogP contribution in [-0.4, -0.2) is 17.8 Å². The smallest absolute Gasteiger partial charge is 0.0454 e. The summed E-state index contributed by atoms with van der Waals surface area (Å²) in [6.07, 6.45) is 12.4. The van der Waals surface area contributed by atoms with E-state index in [1.165, 1.54) is 52.8 Å². The third kappa shape index (κ3) is 8.45. The third-order valence-electron chi connectivity index (χ3n) is 8.05.